The van der Waals surface area contributed by atoms with Gasteiger partial charge in [-0.1, -0.05) is 18.0 Å². The van der Waals surface area contributed by atoms with Gasteiger partial charge < -0.3 is 14.2 Å². The maximum absolute atomic E-state index is 13.1. The zero-order chi connectivity index (χ0) is 17.4. The molecule has 1 saturated carbocycles. The minimum absolute atomic E-state index is 0.118. The molecule has 0 aromatic carbocycles. The number of nitrogens with zero attached hydrogens (tertiary/aromatic N) is 5. The van der Waals surface area contributed by atoms with Crippen molar-refractivity contribution >= 4 is 5.91 Å². The van der Waals surface area contributed by atoms with E-state index in [4.69, 9.17) is 9.26 Å². The Morgan fingerprint density at radius 2 is 2.12 bits per heavy atom. The summed E-state index contributed by atoms with van der Waals surface area (Å²) in [6, 6.07) is 1.83. The molecule has 134 valence electrons. The van der Waals surface area contributed by atoms with Gasteiger partial charge in [0.25, 0.3) is 11.8 Å². The van der Waals surface area contributed by atoms with Crippen LogP contribution in [-0.2, 0) is 4.74 Å². The Kier molecular flexibility index (Phi) is 4.29. The highest BCUT2D eigenvalue weighted by atomic mass is 16.5. The summed E-state index contributed by atoms with van der Waals surface area (Å²) in [7, 11) is 0. The van der Waals surface area contributed by atoms with Gasteiger partial charge in [-0.3, -0.25) is 9.48 Å². The Bertz CT molecular complexity index is 749. The van der Waals surface area contributed by atoms with Crippen LogP contribution in [0.5, 0.6) is 0 Å². The first-order valence-corrected chi connectivity index (χ1v) is 8.91. The molecule has 2 aromatic heterocycles. The lowest BCUT2D eigenvalue weighted by atomic mass is 10.1. The van der Waals surface area contributed by atoms with Gasteiger partial charge in [0.05, 0.1) is 18.8 Å². The van der Waals surface area contributed by atoms with Crippen molar-refractivity contribution in [3.8, 4) is 0 Å². The molecule has 1 aliphatic carbocycles. The van der Waals surface area contributed by atoms with Gasteiger partial charge in [0, 0.05) is 12.7 Å². The van der Waals surface area contributed by atoms with E-state index in [1.54, 1.807) is 17.9 Å². The van der Waals surface area contributed by atoms with Crippen molar-refractivity contribution in [2.45, 2.75) is 57.7 Å². The fraction of sp³-hybridized carbons (Fsp3) is 0.647. The maximum Gasteiger partial charge on any atom is 0.275 e. The molecule has 8 heteroatoms. The van der Waals surface area contributed by atoms with E-state index in [-0.39, 0.29) is 18.1 Å². The molecule has 0 spiro atoms. The normalized spacial score (nSPS) is 24.8. The molecule has 0 N–H and O–H groups in total. The predicted molar refractivity (Wildman–Crippen MR) is 88.0 cm³/mol. The van der Waals surface area contributed by atoms with Crippen LogP contribution in [-0.4, -0.2) is 50.0 Å². The van der Waals surface area contributed by atoms with Crippen LogP contribution in [0.4, 0.5) is 0 Å². The average Bonchev–Trinajstić information content (AvgIpc) is 3.35. The SMILES string of the molecule is Cc1noc([C@@H]2[C@@H](C)OCCN2C(=O)c2ccn(C3CCCC3)n2)n1. The van der Waals surface area contributed by atoms with Gasteiger partial charge in [-0.25, -0.2) is 0 Å². The molecule has 1 aliphatic heterocycles. The number of aryl methyl sites for hydroxylation is 1. The number of carbonyl (C=O) groups excluding carboxylic acids is 1. The lowest BCUT2D eigenvalue weighted by Crippen LogP contribution is -2.47. The highest BCUT2D eigenvalue weighted by molar-refractivity contribution is 5.92. The number of carbonyl (C=O) groups is 1. The summed E-state index contributed by atoms with van der Waals surface area (Å²) in [5.74, 6) is 0.840. The zero-order valence-corrected chi connectivity index (χ0v) is 14.6. The monoisotopic (exact) mass is 345 g/mol. The van der Waals surface area contributed by atoms with Crippen molar-refractivity contribution < 1.29 is 14.1 Å². The van der Waals surface area contributed by atoms with Crippen LogP contribution in [0.25, 0.3) is 0 Å². The molecule has 1 amide bonds. The molecule has 2 aliphatic rings. The smallest absolute Gasteiger partial charge is 0.275 e. The number of hydrogen-bond acceptors (Lipinski definition) is 6. The molecular formula is C17H23N5O3. The second-order valence-corrected chi connectivity index (χ2v) is 6.82. The molecule has 2 atom stereocenters. The third kappa shape index (κ3) is 3.06. The van der Waals surface area contributed by atoms with Gasteiger partial charge in [0.1, 0.15) is 11.7 Å². The molecule has 4 rings (SSSR count). The lowest BCUT2D eigenvalue weighted by molar-refractivity contribution is -0.0602. The first-order chi connectivity index (χ1) is 12.1. The van der Waals surface area contributed by atoms with Gasteiger partial charge in [-0.15, -0.1) is 0 Å². The highest BCUT2D eigenvalue weighted by Crippen LogP contribution is 2.31. The van der Waals surface area contributed by atoms with Crippen LogP contribution < -0.4 is 0 Å². The molecular weight excluding hydrogens is 322 g/mol. The zero-order valence-electron chi connectivity index (χ0n) is 14.6. The first kappa shape index (κ1) is 16.3. The van der Waals surface area contributed by atoms with Crippen LogP contribution in [0.2, 0.25) is 0 Å². The van der Waals surface area contributed by atoms with Gasteiger partial charge in [-0.05, 0) is 32.8 Å². The number of rotatable bonds is 3. The Hall–Kier alpha value is -2.22. The van der Waals surface area contributed by atoms with Crippen molar-refractivity contribution in [3.63, 3.8) is 0 Å². The van der Waals surface area contributed by atoms with Crippen LogP contribution in [0.3, 0.4) is 0 Å². The quantitative estimate of drug-likeness (QED) is 0.848. The number of morpholine rings is 1. The minimum atomic E-state index is -0.390. The standard InChI is InChI=1S/C17H23N5O3/c1-11-15(16-18-12(2)20-25-16)21(9-10-24-11)17(23)14-7-8-22(19-14)13-5-3-4-6-13/h7-8,11,13,15H,3-6,9-10H2,1-2H3/t11-,15+/m1/s1. The second kappa shape index (κ2) is 6.59. The van der Waals surface area contributed by atoms with Gasteiger partial charge >= 0.3 is 0 Å². The Morgan fingerprint density at radius 1 is 1.32 bits per heavy atom. The molecule has 2 fully saturated rings. The first-order valence-electron chi connectivity index (χ1n) is 8.91. The van der Waals surface area contributed by atoms with E-state index in [1.807, 2.05) is 17.8 Å². The molecule has 3 heterocycles. The van der Waals surface area contributed by atoms with Crippen molar-refractivity contribution in [1.82, 2.24) is 24.8 Å². The van der Waals surface area contributed by atoms with Crippen molar-refractivity contribution in [2.24, 2.45) is 0 Å². The molecule has 1 saturated heterocycles. The summed E-state index contributed by atoms with van der Waals surface area (Å²) in [6.07, 6.45) is 6.43. The van der Waals surface area contributed by atoms with Crippen molar-refractivity contribution in [3.05, 3.63) is 29.7 Å². The number of amides is 1. The number of hydrogen-bond donors (Lipinski definition) is 0. The summed E-state index contributed by atoms with van der Waals surface area (Å²) >= 11 is 0. The topological polar surface area (TPSA) is 86.3 Å². The summed E-state index contributed by atoms with van der Waals surface area (Å²) in [5.41, 5.74) is 0.460. The van der Waals surface area contributed by atoms with E-state index in [9.17, 15) is 4.79 Å². The molecule has 0 unspecified atom stereocenters. The largest absolute Gasteiger partial charge is 0.374 e. The molecule has 2 aromatic rings. The van der Waals surface area contributed by atoms with Gasteiger partial charge in [0.2, 0.25) is 0 Å². The third-order valence-corrected chi connectivity index (χ3v) is 5.08. The minimum Gasteiger partial charge on any atom is -0.374 e. The molecule has 25 heavy (non-hydrogen) atoms. The van der Waals surface area contributed by atoms with E-state index in [2.05, 4.69) is 15.2 Å². The van der Waals surface area contributed by atoms with E-state index in [1.165, 1.54) is 12.8 Å². The number of aromatic nitrogens is 4. The number of ether oxygens (including phenoxy) is 1. The predicted octanol–water partition coefficient (Wildman–Crippen LogP) is 2.29. The van der Waals surface area contributed by atoms with Crippen LogP contribution in [0, 0.1) is 6.92 Å². The van der Waals surface area contributed by atoms with Gasteiger partial charge in [0.15, 0.2) is 5.82 Å². The van der Waals surface area contributed by atoms with E-state index in [0.717, 1.165) is 12.8 Å². The average molecular weight is 345 g/mol. The van der Waals surface area contributed by atoms with Crippen LogP contribution in [0.1, 0.15) is 66.9 Å². The van der Waals surface area contributed by atoms with Crippen molar-refractivity contribution in [2.75, 3.05) is 13.2 Å². The maximum atomic E-state index is 13.1. The second-order valence-electron chi connectivity index (χ2n) is 6.82. The van der Waals surface area contributed by atoms with Crippen LogP contribution >= 0.6 is 0 Å². The van der Waals surface area contributed by atoms with E-state index < -0.39 is 0 Å². The fourth-order valence-electron chi connectivity index (χ4n) is 3.79. The van der Waals surface area contributed by atoms with Gasteiger partial charge in [-0.2, -0.15) is 10.1 Å². The Labute approximate surface area is 146 Å². The Balaban J connectivity index is 1.58. The van der Waals surface area contributed by atoms with E-state index in [0.29, 0.717) is 36.6 Å². The summed E-state index contributed by atoms with van der Waals surface area (Å²) in [6.45, 7) is 4.64. The van der Waals surface area contributed by atoms with Crippen molar-refractivity contribution in [1.29, 1.82) is 0 Å². The van der Waals surface area contributed by atoms with Crippen LogP contribution in [0.15, 0.2) is 16.8 Å². The van der Waals surface area contributed by atoms with E-state index >= 15 is 0 Å². The molecule has 0 radical (unpaired) electrons. The molecule has 0 bridgehead atoms. The summed E-state index contributed by atoms with van der Waals surface area (Å²) < 4.78 is 13.0. The fourth-order valence-corrected chi connectivity index (χ4v) is 3.79. The lowest BCUT2D eigenvalue weighted by Gasteiger charge is -2.37. The highest BCUT2D eigenvalue weighted by Gasteiger charge is 2.39. The third-order valence-electron chi connectivity index (χ3n) is 5.08. The Morgan fingerprint density at radius 3 is 2.84 bits per heavy atom. The molecule has 8 nitrogen and oxygen atoms in total. The summed E-state index contributed by atoms with van der Waals surface area (Å²) in [5, 5.41) is 8.39. The summed E-state index contributed by atoms with van der Waals surface area (Å²) in [4.78, 5) is 19.1.